The molecule has 0 fully saturated rings. The molecule has 136 valence electrons. The van der Waals surface area contributed by atoms with E-state index in [0.717, 1.165) is 28.7 Å². The van der Waals surface area contributed by atoms with E-state index in [2.05, 4.69) is 14.7 Å². The lowest BCUT2D eigenvalue weighted by molar-refractivity contribution is -0.119. The molecule has 1 amide bonds. The fourth-order valence-electron chi connectivity index (χ4n) is 2.22. The highest BCUT2D eigenvalue weighted by Crippen LogP contribution is 2.19. The minimum Gasteiger partial charge on any atom is -0.497 e. The molecule has 7 nitrogen and oxygen atoms in total. The van der Waals surface area contributed by atoms with E-state index in [1.54, 1.807) is 19.1 Å². The van der Waals surface area contributed by atoms with Crippen LogP contribution in [0.5, 0.6) is 5.75 Å². The molecular formula is C17H24N4O3S. The SMILES string of the molecule is COCCCNC(=O)CN(C)c1nc(Cc2cccc(OC)c2)ns1. The fraction of sp³-hybridized carbons (Fsp3) is 0.471. The quantitative estimate of drug-likeness (QED) is 0.647. The lowest BCUT2D eigenvalue weighted by Crippen LogP contribution is -2.35. The number of hydrogen-bond donors (Lipinski definition) is 1. The molecule has 1 aromatic heterocycles. The first-order chi connectivity index (χ1) is 12.1. The van der Waals surface area contributed by atoms with E-state index in [-0.39, 0.29) is 12.5 Å². The van der Waals surface area contributed by atoms with Gasteiger partial charge in [0.05, 0.1) is 13.7 Å². The molecule has 1 N–H and O–H groups in total. The largest absolute Gasteiger partial charge is 0.497 e. The van der Waals surface area contributed by atoms with Crippen molar-refractivity contribution >= 4 is 22.6 Å². The van der Waals surface area contributed by atoms with Gasteiger partial charge in [-0.05, 0) is 24.1 Å². The summed E-state index contributed by atoms with van der Waals surface area (Å²) in [6.45, 7) is 1.50. The van der Waals surface area contributed by atoms with Gasteiger partial charge in [0.15, 0.2) is 0 Å². The molecule has 2 rings (SSSR count). The summed E-state index contributed by atoms with van der Waals surface area (Å²) in [7, 11) is 5.13. The number of carbonyl (C=O) groups excluding carboxylic acids is 1. The monoisotopic (exact) mass is 364 g/mol. The third-order valence-corrected chi connectivity index (χ3v) is 4.38. The predicted octanol–water partition coefficient (Wildman–Crippen LogP) is 1.73. The van der Waals surface area contributed by atoms with E-state index in [1.165, 1.54) is 11.5 Å². The highest BCUT2D eigenvalue weighted by Gasteiger charge is 2.12. The zero-order valence-electron chi connectivity index (χ0n) is 14.8. The van der Waals surface area contributed by atoms with E-state index in [9.17, 15) is 4.79 Å². The first-order valence-corrected chi connectivity index (χ1v) is 8.82. The molecule has 0 aliphatic carbocycles. The van der Waals surface area contributed by atoms with Gasteiger partial charge in [0.2, 0.25) is 11.0 Å². The van der Waals surface area contributed by atoms with Crippen LogP contribution in [0.15, 0.2) is 24.3 Å². The first-order valence-electron chi connectivity index (χ1n) is 8.04. The molecule has 0 aliphatic heterocycles. The highest BCUT2D eigenvalue weighted by molar-refractivity contribution is 7.09. The third-order valence-electron chi connectivity index (χ3n) is 3.51. The Kier molecular flexibility index (Phi) is 7.62. The lowest BCUT2D eigenvalue weighted by atomic mass is 10.1. The van der Waals surface area contributed by atoms with Crippen molar-refractivity contribution in [2.75, 3.05) is 45.9 Å². The van der Waals surface area contributed by atoms with Crippen molar-refractivity contribution < 1.29 is 14.3 Å². The number of benzene rings is 1. The molecule has 0 saturated heterocycles. The Morgan fingerprint density at radius 1 is 1.36 bits per heavy atom. The fourth-order valence-corrected chi connectivity index (χ4v) is 2.86. The smallest absolute Gasteiger partial charge is 0.239 e. The number of methoxy groups -OCH3 is 2. The normalized spacial score (nSPS) is 10.5. The molecule has 25 heavy (non-hydrogen) atoms. The Morgan fingerprint density at radius 3 is 2.96 bits per heavy atom. The van der Waals surface area contributed by atoms with Crippen LogP contribution in [0, 0.1) is 0 Å². The number of nitrogens with zero attached hydrogens (tertiary/aromatic N) is 3. The van der Waals surface area contributed by atoms with Crippen LogP contribution in [0.25, 0.3) is 0 Å². The van der Waals surface area contributed by atoms with E-state index >= 15 is 0 Å². The molecule has 2 aromatic rings. The number of ether oxygens (including phenoxy) is 2. The molecule has 0 radical (unpaired) electrons. The van der Waals surface area contributed by atoms with Gasteiger partial charge in [-0.25, -0.2) is 4.98 Å². The van der Waals surface area contributed by atoms with Gasteiger partial charge in [0.25, 0.3) is 0 Å². The van der Waals surface area contributed by atoms with Crippen molar-refractivity contribution in [2.45, 2.75) is 12.8 Å². The highest BCUT2D eigenvalue weighted by atomic mass is 32.1. The van der Waals surface area contributed by atoms with Crippen molar-refractivity contribution in [3.05, 3.63) is 35.7 Å². The van der Waals surface area contributed by atoms with Crippen LogP contribution in [0.1, 0.15) is 17.8 Å². The van der Waals surface area contributed by atoms with Gasteiger partial charge < -0.3 is 19.7 Å². The standard InChI is InChI=1S/C17H24N4O3S/c1-21(12-16(22)18-8-5-9-23-2)17-19-15(20-25-17)11-13-6-4-7-14(10-13)24-3/h4,6-7,10H,5,8-9,11-12H2,1-3H3,(H,18,22). The Bertz CT molecular complexity index is 677. The van der Waals surface area contributed by atoms with Crippen LogP contribution >= 0.6 is 11.5 Å². The molecule has 1 heterocycles. The number of carbonyl (C=O) groups is 1. The molecule has 1 aromatic carbocycles. The van der Waals surface area contributed by atoms with E-state index in [1.807, 2.05) is 31.3 Å². The lowest BCUT2D eigenvalue weighted by Gasteiger charge is -2.14. The third kappa shape index (κ3) is 6.32. The first kappa shape index (κ1) is 19.1. The van der Waals surface area contributed by atoms with Gasteiger partial charge in [-0.15, -0.1) is 0 Å². The summed E-state index contributed by atoms with van der Waals surface area (Å²) in [5.41, 5.74) is 1.09. The van der Waals surface area contributed by atoms with Gasteiger partial charge in [0.1, 0.15) is 11.6 Å². The topological polar surface area (TPSA) is 76.6 Å². The van der Waals surface area contributed by atoms with Crippen molar-refractivity contribution in [3.63, 3.8) is 0 Å². The van der Waals surface area contributed by atoms with Crippen LogP contribution in [0.3, 0.4) is 0 Å². The number of nitrogens with one attached hydrogen (secondary N) is 1. The minimum absolute atomic E-state index is 0.0388. The molecular weight excluding hydrogens is 340 g/mol. The van der Waals surface area contributed by atoms with Gasteiger partial charge in [-0.1, -0.05) is 12.1 Å². The van der Waals surface area contributed by atoms with Gasteiger partial charge in [-0.2, -0.15) is 4.37 Å². The Balaban J connectivity index is 1.85. The second-order valence-electron chi connectivity index (χ2n) is 5.57. The van der Waals surface area contributed by atoms with Crippen molar-refractivity contribution in [2.24, 2.45) is 0 Å². The van der Waals surface area contributed by atoms with Crippen molar-refractivity contribution in [1.82, 2.24) is 14.7 Å². The summed E-state index contributed by atoms with van der Waals surface area (Å²) < 4.78 is 14.6. The van der Waals surface area contributed by atoms with Gasteiger partial charge in [0, 0.05) is 45.3 Å². The van der Waals surface area contributed by atoms with Crippen LogP contribution in [0.4, 0.5) is 5.13 Å². The molecule has 8 heteroatoms. The summed E-state index contributed by atoms with van der Waals surface area (Å²) in [6.07, 6.45) is 1.43. The molecule has 0 spiro atoms. The summed E-state index contributed by atoms with van der Waals surface area (Å²) in [4.78, 5) is 18.2. The van der Waals surface area contributed by atoms with E-state index in [4.69, 9.17) is 9.47 Å². The van der Waals surface area contributed by atoms with Crippen molar-refractivity contribution in [3.8, 4) is 5.75 Å². The van der Waals surface area contributed by atoms with Crippen LogP contribution in [-0.4, -0.2) is 56.2 Å². The van der Waals surface area contributed by atoms with E-state index < -0.39 is 0 Å². The van der Waals surface area contributed by atoms with Crippen LogP contribution in [0.2, 0.25) is 0 Å². The summed E-state index contributed by atoms with van der Waals surface area (Å²) in [5.74, 6) is 1.51. The number of rotatable bonds is 10. The Labute approximate surface area is 152 Å². The Hall–Kier alpha value is -2.19. The molecule has 0 atom stereocenters. The molecule has 0 bridgehead atoms. The summed E-state index contributed by atoms with van der Waals surface area (Å²) in [5, 5.41) is 3.59. The van der Waals surface area contributed by atoms with Crippen LogP contribution in [-0.2, 0) is 16.0 Å². The maximum Gasteiger partial charge on any atom is 0.239 e. The second-order valence-corrected chi connectivity index (χ2v) is 6.30. The van der Waals surface area contributed by atoms with Gasteiger partial charge >= 0.3 is 0 Å². The maximum atomic E-state index is 11.9. The average molecular weight is 364 g/mol. The zero-order valence-corrected chi connectivity index (χ0v) is 15.6. The maximum absolute atomic E-state index is 11.9. The molecule has 0 aliphatic rings. The molecule has 0 saturated carbocycles. The minimum atomic E-state index is -0.0388. The van der Waals surface area contributed by atoms with E-state index in [0.29, 0.717) is 19.6 Å². The number of likely N-dealkylation sites (N-methyl/N-ethyl adjacent to an activating group) is 1. The van der Waals surface area contributed by atoms with Crippen molar-refractivity contribution in [1.29, 1.82) is 0 Å². The molecule has 0 unspecified atom stereocenters. The van der Waals surface area contributed by atoms with Gasteiger partial charge in [-0.3, -0.25) is 4.79 Å². The summed E-state index contributed by atoms with van der Waals surface area (Å²) >= 11 is 1.29. The number of hydrogen-bond acceptors (Lipinski definition) is 7. The van der Waals surface area contributed by atoms with Crippen LogP contribution < -0.4 is 15.0 Å². The second kappa shape index (κ2) is 9.95. The summed E-state index contributed by atoms with van der Waals surface area (Å²) in [6, 6.07) is 7.84. The Morgan fingerprint density at radius 2 is 2.20 bits per heavy atom. The number of amides is 1. The number of anilines is 1. The zero-order chi connectivity index (χ0) is 18.1. The number of aromatic nitrogens is 2. The predicted molar refractivity (Wildman–Crippen MR) is 98.5 cm³/mol. The average Bonchev–Trinajstić information content (AvgIpc) is 3.07.